The van der Waals surface area contributed by atoms with Gasteiger partial charge < -0.3 is 4.90 Å². The van der Waals surface area contributed by atoms with Crippen molar-refractivity contribution < 1.29 is 4.79 Å². The molecule has 1 aliphatic heterocycles. The van der Waals surface area contributed by atoms with Crippen LogP contribution in [0.3, 0.4) is 0 Å². The molecule has 20 heavy (non-hydrogen) atoms. The summed E-state index contributed by atoms with van der Waals surface area (Å²) in [7, 11) is 0. The number of rotatable bonds is 3. The van der Waals surface area contributed by atoms with Gasteiger partial charge in [-0.25, -0.2) is 0 Å². The number of carbonyl (C=O) groups excluding carboxylic acids is 1. The van der Waals surface area contributed by atoms with Crippen LogP contribution in [0.1, 0.15) is 31.1 Å². The molecule has 0 unspecified atom stereocenters. The Bertz CT molecular complexity index is 663. The topological polar surface area (TPSA) is 38.1 Å². The average molecular weight is 381 g/mol. The Kier molecular flexibility index (Phi) is 3.54. The second kappa shape index (κ2) is 5.20. The van der Waals surface area contributed by atoms with Crippen LogP contribution in [0.2, 0.25) is 0 Å². The Labute approximate surface area is 131 Å². The fraction of sp³-hybridized carbons (Fsp3) is 0.333. The van der Waals surface area contributed by atoms with E-state index in [1.165, 1.54) is 3.57 Å². The molecular formula is C15H16IN3O. The van der Waals surface area contributed by atoms with Gasteiger partial charge in [0.2, 0.25) is 5.91 Å². The van der Waals surface area contributed by atoms with Crippen molar-refractivity contribution in [2.75, 3.05) is 4.90 Å². The highest BCUT2D eigenvalue weighted by molar-refractivity contribution is 14.1. The summed E-state index contributed by atoms with van der Waals surface area (Å²) in [5.74, 6) is 0.154. The van der Waals surface area contributed by atoms with E-state index in [4.69, 9.17) is 0 Å². The first-order valence-electron chi connectivity index (χ1n) is 6.67. The van der Waals surface area contributed by atoms with Crippen molar-refractivity contribution in [3.05, 3.63) is 45.3 Å². The maximum atomic E-state index is 12.2. The molecule has 0 fully saturated rings. The normalized spacial score (nSPS) is 14.2. The minimum absolute atomic E-state index is 0.154. The zero-order valence-corrected chi connectivity index (χ0v) is 13.7. The standard InChI is InChI=1S/C15H16IN3O/c1-10(2)19-6-5-13(17-19)9-18-14-4-3-12(16)7-11(14)8-15(18)20/h3-7,10H,8-9H2,1-2H3. The first kappa shape index (κ1) is 13.6. The molecule has 0 N–H and O–H groups in total. The number of benzene rings is 1. The van der Waals surface area contributed by atoms with Gasteiger partial charge in [-0.1, -0.05) is 0 Å². The third kappa shape index (κ3) is 2.46. The second-order valence-corrected chi connectivity index (χ2v) is 6.56. The van der Waals surface area contributed by atoms with E-state index in [0.29, 0.717) is 19.0 Å². The van der Waals surface area contributed by atoms with Crippen LogP contribution < -0.4 is 4.90 Å². The van der Waals surface area contributed by atoms with Crippen LogP contribution in [0.5, 0.6) is 0 Å². The summed E-state index contributed by atoms with van der Waals surface area (Å²) < 4.78 is 3.09. The Hall–Kier alpha value is -1.37. The maximum Gasteiger partial charge on any atom is 0.231 e. The molecule has 2 heterocycles. The Morgan fingerprint density at radius 2 is 2.15 bits per heavy atom. The largest absolute Gasteiger partial charge is 0.306 e. The monoisotopic (exact) mass is 381 g/mol. The second-order valence-electron chi connectivity index (χ2n) is 5.31. The lowest BCUT2D eigenvalue weighted by Gasteiger charge is -2.16. The maximum absolute atomic E-state index is 12.2. The third-order valence-corrected chi connectivity index (χ3v) is 4.16. The number of hydrogen-bond donors (Lipinski definition) is 0. The van der Waals surface area contributed by atoms with E-state index < -0.39 is 0 Å². The number of anilines is 1. The van der Waals surface area contributed by atoms with Gasteiger partial charge in [0, 0.05) is 21.5 Å². The molecule has 1 aromatic carbocycles. The van der Waals surface area contributed by atoms with Crippen LogP contribution in [0.25, 0.3) is 0 Å². The van der Waals surface area contributed by atoms with Crippen molar-refractivity contribution in [1.82, 2.24) is 9.78 Å². The molecule has 2 aromatic rings. The lowest BCUT2D eigenvalue weighted by atomic mass is 10.2. The molecule has 5 heteroatoms. The number of aromatic nitrogens is 2. The Morgan fingerprint density at radius 3 is 2.85 bits per heavy atom. The molecule has 3 rings (SSSR count). The van der Waals surface area contributed by atoms with E-state index in [0.717, 1.165) is 16.9 Å². The quantitative estimate of drug-likeness (QED) is 0.767. The van der Waals surface area contributed by atoms with Crippen molar-refractivity contribution in [1.29, 1.82) is 0 Å². The zero-order valence-electron chi connectivity index (χ0n) is 11.5. The van der Waals surface area contributed by atoms with Gasteiger partial charge in [-0.05, 0) is 66.3 Å². The van der Waals surface area contributed by atoms with E-state index in [1.807, 2.05) is 34.0 Å². The lowest BCUT2D eigenvalue weighted by molar-refractivity contribution is -0.117. The van der Waals surface area contributed by atoms with Gasteiger partial charge in [-0.15, -0.1) is 0 Å². The molecule has 0 atom stereocenters. The number of nitrogens with zero attached hydrogens (tertiary/aromatic N) is 3. The van der Waals surface area contributed by atoms with Crippen LogP contribution in [-0.4, -0.2) is 15.7 Å². The van der Waals surface area contributed by atoms with Gasteiger partial charge in [-0.3, -0.25) is 9.48 Å². The molecule has 0 spiro atoms. The summed E-state index contributed by atoms with van der Waals surface area (Å²) in [4.78, 5) is 14.0. The van der Waals surface area contributed by atoms with E-state index in [1.54, 1.807) is 0 Å². The van der Waals surface area contributed by atoms with Gasteiger partial charge in [-0.2, -0.15) is 5.10 Å². The molecule has 0 bridgehead atoms. The van der Waals surface area contributed by atoms with Gasteiger partial charge >= 0.3 is 0 Å². The molecule has 1 aromatic heterocycles. The predicted octanol–water partition coefficient (Wildman–Crippen LogP) is 3.16. The predicted molar refractivity (Wildman–Crippen MR) is 86.7 cm³/mol. The number of halogens is 1. The molecule has 0 radical (unpaired) electrons. The van der Waals surface area contributed by atoms with Gasteiger partial charge in [0.15, 0.2) is 0 Å². The van der Waals surface area contributed by atoms with E-state index in [-0.39, 0.29) is 5.91 Å². The summed E-state index contributed by atoms with van der Waals surface area (Å²) in [5, 5.41) is 4.52. The van der Waals surface area contributed by atoms with Gasteiger partial charge in [0.1, 0.15) is 0 Å². The van der Waals surface area contributed by atoms with Crippen molar-refractivity contribution in [2.45, 2.75) is 32.9 Å². The average Bonchev–Trinajstić information content (AvgIpc) is 2.96. The number of hydrogen-bond acceptors (Lipinski definition) is 2. The van der Waals surface area contributed by atoms with Crippen LogP contribution in [0, 0.1) is 3.57 Å². The van der Waals surface area contributed by atoms with Crippen LogP contribution in [0.15, 0.2) is 30.5 Å². The highest BCUT2D eigenvalue weighted by Crippen LogP contribution is 2.31. The van der Waals surface area contributed by atoms with Crippen molar-refractivity contribution in [2.24, 2.45) is 0 Å². The van der Waals surface area contributed by atoms with Crippen molar-refractivity contribution >= 4 is 34.2 Å². The highest BCUT2D eigenvalue weighted by atomic mass is 127. The summed E-state index contributed by atoms with van der Waals surface area (Å²) in [5.41, 5.74) is 3.07. The molecular weight excluding hydrogens is 365 g/mol. The summed E-state index contributed by atoms with van der Waals surface area (Å²) in [6.45, 7) is 4.73. The minimum atomic E-state index is 0.154. The van der Waals surface area contributed by atoms with Crippen molar-refractivity contribution in [3.63, 3.8) is 0 Å². The minimum Gasteiger partial charge on any atom is -0.306 e. The molecule has 1 aliphatic rings. The molecule has 0 saturated carbocycles. The van der Waals surface area contributed by atoms with E-state index in [9.17, 15) is 4.79 Å². The summed E-state index contributed by atoms with van der Waals surface area (Å²) >= 11 is 2.28. The SMILES string of the molecule is CC(C)n1ccc(CN2C(=O)Cc3cc(I)ccc32)n1. The summed E-state index contributed by atoms with van der Waals surface area (Å²) in [6, 6.07) is 8.48. The number of carbonyl (C=O) groups is 1. The van der Waals surface area contributed by atoms with Crippen LogP contribution in [0.4, 0.5) is 5.69 Å². The van der Waals surface area contributed by atoms with E-state index in [2.05, 4.69) is 47.6 Å². The number of fused-ring (bicyclic) bond motifs is 1. The zero-order chi connectivity index (χ0) is 14.3. The fourth-order valence-corrected chi connectivity index (χ4v) is 2.99. The van der Waals surface area contributed by atoms with Gasteiger partial charge in [0.25, 0.3) is 0 Å². The lowest BCUT2D eigenvalue weighted by Crippen LogP contribution is -2.26. The van der Waals surface area contributed by atoms with Crippen LogP contribution in [-0.2, 0) is 17.8 Å². The first-order chi connectivity index (χ1) is 9.54. The fourth-order valence-electron chi connectivity index (χ4n) is 2.44. The highest BCUT2D eigenvalue weighted by Gasteiger charge is 2.27. The number of amides is 1. The molecule has 4 nitrogen and oxygen atoms in total. The van der Waals surface area contributed by atoms with Crippen molar-refractivity contribution in [3.8, 4) is 0 Å². The first-order valence-corrected chi connectivity index (χ1v) is 7.75. The van der Waals surface area contributed by atoms with Crippen LogP contribution >= 0.6 is 22.6 Å². The Morgan fingerprint density at radius 1 is 1.35 bits per heavy atom. The smallest absolute Gasteiger partial charge is 0.231 e. The van der Waals surface area contributed by atoms with Gasteiger partial charge in [0.05, 0.1) is 18.7 Å². The molecule has 104 valence electrons. The Balaban J connectivity index is 1.86. The molecule has 0 saturated heterocycles. The summed E-state index contributed by atoms with van der Waals surface area (Å²) in [6.07, 6.45) is 2.46. The molecule has 0 aliphatic carbocycles. The third-order valence-electron chi connectivity index (χ3n) is 3.49. The van der Waals surface area contributed by atoms with E-state index >= 15 is 0 Å². The molecule has 1 amide bonds.